The van der Waals surface area contributed by atoms with Crippen LogP contribution in [0.2, 0.25) is 0 Å². The number of rotatable bonds is 23. The highest BCUT2D eigenvalue weighted by molar-refractivity contribution is 5.30. The summed E-state index contributed by atoms with van der Waals surface area (Å²) < 4.78 is 0. The van der Waals surface area contributed by atoms with E-state index >= 15 is 0 Å². The first-order valence-electron chi connectivity index (χ1n) is 17.6. The number of unbranched alkanes of at least 4 members (excludes halogenated alkanes) is 14. The van der Waals surface area contributed by atoms with Crippen LogP contribution in [0.1, 0.15) is 147 Å². The molecule has 1 heterocycles. The van der Waals surface area contributed by atoms with Crippen molar-refractivity contribution in [1.29, 1.82) is 0 Å². The van der Waals surface area contributed by atoms with Crippen molar-refractivity contribution < 1.29 is 0 Å². The maximum absolute atomic E-state index is 2.76. The third-order valence-corrected chi connectivity index (χ3v) is 9.40. The molecule has 2 unspecified atom stereocenters. The smallest absolute Gasteiger partial charge is 0.123 e. The fourth-order valence-electron chi connectivity index (χ4n) is 7.09. The summed E-state index contributed by atoms with van der Waals surface area (Å²) in [6.07, 6.45) is 29.1. The average molecular weight is 559 g/mol. The SMILES string of the molecule is CCCCCCCCCCCCCN1C=CN(CCCCCCC)C1(Cc1ccccc1)C(CC)c1ccccc1. The second kappa shape index (κ2) is 19.8. The molecule has 2 aromatic rings. The van der Waals surface area contributed by atoms with Crippen molar-refractivity contribution in [1.82, 2.24) is 9.80 Å². The number of benzene rings is 2. The summed E-state index contributed by atoms with van der Waals surface area (Å²) in [7, 11) is 0. The summed E-state index contributed by atoms with van der Waals surface area (Å²) in [6.45, 7) is 9.32. The standard InChI is InChI=1S/C39H62N2/c1-4-7-9-11-12-13-14-15-16-18-26-32-41-34-33-40(31-25-17-10-8-5-2)39(41,35-36-27-21-19-22-28-36)38(6-3)37-29-23-20-24-30-37/h19-24,27-30,33-34,38H,4-18,25-26,31-32,35H2,1-3H3. The molecule has 0 saturated heterocycles. The molecule has 0 amide bonds. The van der Waals surface area contributed by atoms with Gasteiger partial charge in [0.1, 0.15) is 5.66 Å². The molecule has 1 aliphatic heterocycles. The molecule has 2 nitrogen and oxygen atoms in total. The van der Waals surface area contributed by atoms with Crippen molar-refractivity contribution in [2.45, 2.75) is 148 Å². The van der Waals surface area contributed by atoms with Crippen molar-refractivity contribution in [3.8, 4) is 0 Å². The molecule has 2 atom stereocenters. The van der Waals surface area contributed by atoms with E-state index in [-0.39, 0.29) is 5.66 Å². The highest BCUT2D eigenvalue weighted by Gasteiger charge is 2.49. The first-order valence-corrected chi connectivity index (χ1v) is 17.6. The Morgan fingerprint density at radius 3 is 1.37 bits per heavy atom. The maximum Gasteiger partial charge on any atom is 0.123 e. The molecule has 2 heteroatoms. The van der Waals surface area contributed by atoms with E-state index in [1.807, 2.05) is 0 Å². The van der Waals surface area contributed by atoms with Crippen LogP contribution in [0.15, 0.2) is 73.1 Å². The van der Waals surface area contributed by atoms with E-state index in [1.165, 1.54) is 114 Å². The Kier molecular flexibility index (Phi) is 16.1. The van der Waals surface area contributed by atoms with E-state index in [1.54, 1.807) is 0 Å². The Balaban J connectivity index is 1.71. The molecule has 0 aliphatic carbocycles. The van der Waals surface area contributed by atoms with E-state index < -0.39 is 0 Å². The van der Waals surface area contributed by atoms with Crippen molar-refractivity contribution >= 4 is 0 Å². The molecule has 0 saturated carbocycles. The lowest BCUT2D eigenvalue weighted by Gasteiger charge is -2.51. The maximum atomic E-state index is 2.76. The van der Waals surface area contributed by atoms with Gasteiger partial charge in [-0.1, -0.05) is 171 Å². The third kappa shape index (κ3) is 10.5. The van der Waals surface area contributed by atoms with Gasteiger partial charge in [-0.15, -0.1) is 0 Å². The van der Waals surface area contributed by atoms with Crippen LogP contribution in [-0.2, 0) is 6.42 Å². The van der Waals surface area contributed by atoms with Crippen LogP contribution in [-0.4, -0.2) is 28.6 Å². The Hall–Kier alpha value is -2.22. The second-order valence-corrected chi connectivity index (χ2v) is 12.5. The van der Waals surface area contributed by atoms with Gasteiger partial charge in [-0.25, -0.2) is 0 Å². The van der Waals surface area contributed by atoms with Gasteiger partial charge in [-0.2, -0.15) is 0 Å². The lowest BCUT2D eigenvalue weighted by atomic mass is 9.78. The van der Waals surface area contributed by atoms with Gasteiger partial charge in [-0.3, -0.25) is 0 Å². The molecular formula is C39H62N2. The lowest BCUT2D eigenvalue weighted by Crippen LogP contribution is -2.59. The molecule has 3 rings (SSSR count). The quantitative estimate of drug-likeness (QED) is 0.125. The minimum absolute atomic E-state index is 0.0549. The molecule has 1 aliphatic rings. The van der Waals surface area contributed by atoms with E-state index in [9.17, 15) is 0 Å². The molecule has 0 bridgehead atoms. The van der Waals surface area contributed by atoms with Gasteiger partial charge in [0.15, 0.2) is 0 Å². The zero-order valence-electron chi connectivity index (χ0n) is 27.0. The Labute approximate surface area is 254 Å². The second-order valence-electron chi connectivity index (χ2n) is 12.5. The van der Waals surface area contributed by atoms with Crippen LogP contribution in [0, 0.1) is 0 Å². The van der Waals surface area contributed by atoms with Crippen LogP contribution in [0.5, 0.6) is 0 Å². The van der Waals surface area contributed by atoms with Crippen molar-refractivity contribution in [2.75, 3.05) is 13.1 Å². The molecule has 2 aromatic carbocycles. The highest BCUT2D eigenvalue weighted by Crippen LogP contribution is 2.45. The molecule has 0 radical (unpaired) electrons. The largest absolute Gasteiger partial charge is 0.353 e. The highest BCUT2D eigenvalue weighted by atomic mass is 15.4. The average Bonchev–Trinajstić information content (AvgIpc) is 3.34. The van der Waals surface area contributed by atoms with E-state index in [2.05, 4.69) is 104 Å². The van der Waals surface area contributed by atoms with E-state index in [4.69, 9.17) is 0 Å². The van der Waals surface area contributed by atoms with Crippen LogP contribution in [0.3, 0.4) is 0 Å². The molecule has 228 valence electrons. The van der Waals surface area contributed by atoms with Crippen LogP contribution in [0.4, 0.5) is 0 Å². The minimum atomic E-state index is -0.0549. The first-order chi connectivity index (χ1) is 20.3. The Morgan fingerprint density at radius 2 is 0.927 bits per heavy atom. The number of hydrogen-bond acceptors (Lipinski definition) is 2. The van der Waals surface area contributed by atoms with Crippen molar-refractivity contribution in [3.63, 3.8) is 0 Å². The number of nitrogens with zero attached hydrogens (tertiary/aromatic N) is 2. The van der Waals surface area contributed by atoms with Crippen LogP contribution in [0.25, 0.3) is 0 Å². The van der Waals surface area contributed by atoms with Gasteiger partial charge in [0.2, 0.25) is 0 Å². The summed E-state index contributed by atoms with van der Waals surface area (Å²) in [6, 6.07) is 22.7. The summed E-state index contributed by atoms with van der Waals surface area (Å²) in [5.74, 6) is 0.447. The molecular weight excluding hydrogens is 496 g/mol. The summed E-state index contributed by atoms with van der Waals surface area (Å²) in [4.78, 5) is 5.52. The molecule has 0 spiro atoms. The Morgan fingerprint density at radius 1 is 0.512 bits per heavy atom. The third-order valence-electron chi connectivity index (χ3n) is 9.40. The zero-order chi connectivity index (χ0) is 29.0. The van der Waals surface area contributed by atoms with Crippen molar-refractivity contribution in [2.24, 2.45) is 0 Å². The zero-order valence-corrected chi connectivity index (χ0v) is 27.0. The molecule has 0 aromatic heterocycles. The molecule has 0 N–H and O–H groups in total. The minimum Gasteiger partial charge on any atom is -0.353 e. The molecule has 0 fully saturated rings. The fourth-order valence-corrected chi connectivity index (χ4v) is 7.09. The van der Waals surface area contributed by atoms with Crippen LogP contribution < -0.4 is 0 Å². The van der Waals surface area contributed by atoms with E-state index in [0.717, 1.165) is 25.9 Å². The summed E-state index contributed by atoms with van der Waals surface area (Å²) >= 11 is 0. The topological polar surface area (TPSA) is 6.48 Å². The van der Waals surface area contributed by atoms with Gasteiger partial charge < -0.3 is 9.80 Å². The van der Waals surface area contributed by atoms with Crippen molar-refractivity contribution in [3.05, 3.63) is 84.2 Å². The van der Waals surface area contributed by atoms with E-state index in [0.29, 0.717) is 5.92 Å². The normalized spacial score (nSPS) is 17.4. The predicted octanol–water partition coefficient (Wildman–Crippen LogP) is 11.5. The fraction of sp³-hybridized carbons (Fsp3) is 0.641. The van der Waals surface area contributed by atoms with Gasteiger partial charge in [0, 0.05) is 37.8 Å². The molecule has 41 heavy (non-hydrogen) atoms. The van der Waals surface area contributed by atoms with Gasteiger partial charge in [0.25, 0.3) is 0 Å². The summed E-state index contributed by atoms with van der Waals surface area (Å²) in [5.41, 5.74) is 2.88. The lowest BCUT2D eigenvalue weighted by molar-refractivity contribution is -0.00378. The number of hydrogen-bond donors (Lipinski definition) is 0. The first kappa shape index (κ1) is 33.3. The van der Waals surface area contributed by atoms with Gasteiger partial charge in [-0.05, 0) is 30.4 Å². The monoisotopic (exact) mass is 558 g/mol. The van der Waals surface area contributed by atoms with Gasteiger partial charge in [0.05, 0.1) is 0 Å². The predicted molar refractivity (Wildman–Crippen MR) is 180 cm³/mol. The Bertz CT molecular complexity index is 923. The van der Waals surface area contributed by atoms with Gasteiger partial charge >= 0.3 is 0 Å². The van der Waals surface area contributed by atoms with Crippen LogP contribution >= 0.6 is 0 Å². The summed E-state index contributed by atoms with van der Waals surface area (Å²) in [5, 5.41) is 0.